The molecule has 15 heavy (non-hydrogen) atoms. The summed E-state index contributed by atoms with van der Waals surface area (Å²) in [6, 6.07) is -0.858. The van der Waals surface area contributed by atoms with E-state index in [0.29, 0.717) is 0 Å². The van der Waals surface area contributed by atoms with Gasteiger partial charge in [-0.2, -0.15) is 12.6 Å². The molecule has 0 saturated carbocycles. The van der Waals surface area contributed by atoms with E-state index in [4.69, 9.17) is 5.73 Å². The Hall–Kier alpha value is -0.920. The first kappa shape index (κ1) is 14.1. The van der Waals surface area contributed by atoms with E-state index in [-0.39, 0.29) is 24.9 Å². The summed E-state index contributed by atoms with van der Waals surface area (Å²) in [5.74, 6) is -1.34. The molecule has 0 aromatic heterocycles. The van der Waals surface area contributed by atoms with Crippen molar-refractivity contribution >= 4 is 30.1 Å². The summed E-state index contributed by atoms with van der Waals surface area (Å²) in [5, 5.41) is 5.02. The van der Waals surface area contributed by atoms with Gasteiger partial charge in [0.2, 0.25) is 17.5 Å². The third-order valence-electron chi connectivity index (χ3n) is 1.56. The summed E-state index contributed by atoms with van der Waals surface area (Å²) in [6.45, 7) is 1.36. The van der Waals surface area contributed by atoms with Gasteiger partial charge in [-0.1, -0.05) is 0 Å². The van der Waals surface area contributed by atoms with Crippen molar-refractivity contribution in [3.05, 3.63) is 0 Å². The van der Waals surface area contributed by atoms with Gasteiger partial charge in [0.1, 0.15) is 0 Å². The molecule has 1 amide bonds. The molecule has 1 atom stereocenters. The Bertz CT molecular complexity index is 258. The lowest BCUT2D eigenvalue weighted by Crippen LogP contribution is -2.43. The first-order valence-corrected chi connectivity index (χ1v) is 5.01. The highest BCUT2D eigenvalue weighted by Crippen LogP contribution is 1.87. The molecule has 0 spiro atoms. The van der Waals surface area contributed by atoms with Crippen LogP contribution in [-0.2, 0) is 14.4 Å². The fraction of sp³-hybridized carbons (Fsp3) is 0.625. The van der Waals surface area contributed by atoms with E-state index in [1.54, 1.807) is 0 Å². The minimum absolute atomic E-state index is 0.135. The van der Waals surface area contributed by atoms with Crippen LogP contribution < -0.4 is 16.4 Å². The van der Waals surface area contributed by atoms with Crippen LogP contribution in [0.1, 0.15) is 6.92 Å². The zero-order valence-electron chi connectivity index (χ0n) is 8.45. The molecule has 0 fully saturated rings. The second-order valence-corrected chi connectivity index (χ2v) is 3.28. The number of Topliss-reactive ketones (excluding diaryl/α,β-unsaturated/α-hetero) is 2. The summed E-state index contributed by atoms with van der Waals surface area (Å²) in [5.41, 5.74) is 5.33. The third-order valence-corrected chi connectivity index (χ3v) is 1.95. The quantitative estimate of drug-likeness (QED) is 0.177. The molecule has 0 aliphatic carbocycles. The van der Waals surface area contributed by atoms with Crippen LogP contribution in [0.3, 0.4) is 0 Å². The van der Waals surface area contributed by atoms with E-state index in [2.05, 4.69) is 23.3 Å². The topological polar surface area (TPSA) is 101 Å². The molecule has 0 rings (SSSR count). The number of hydrogen-bond acceptors (Lipinski definition) is 6. The number of thiol groups is 1. The van der Waals surface area contributed by atoms with E-state index < -0.39 is 17.6 Å². The smallest absolute Gasteiger partial charge is 0.217 e. The first-order valence-electron chi connectivity index (χ1n) is 4.37. The van der Waals surface area contributed by atoms with Crippen molar-refractivity contribution in [1.29, 1.82) is 0 Å². The van der Waals surface area contributed by atoms with Gasteiger partial charge >= 0.3 is 0 Å². The van der Waals surface area contributed by atoms with Gasteiger partial charge in [-0.3, -0.25) is 19.7 Å². The number of carbonyl (C=O) groups excluding carboxylic acids is 3. The fourth-order valence-corrected chi connectivity index (χ4v) is 0.906. The molecule has 0 bridgehead atoms. The number of nitrogens with two attached hydrogens (primary N) is 1. The lowest BCUT2D eigenvalue weighted by Gasteiger charge is -2.07. The maximum absolute atomic E-state index is 11.2. The average molecular weight is 233 g/mol. The molecule has 0 aliphatic rings. The van der Waals surface area contributed by atoms with Crippen molar-refractivity contribution in [2.45, 2.75) is 13.0 Å². The number of ketones is 2. The Morgan fingerprint density at radius 2 is 2.00 bits per heavy atom. The molecule has 0 unspecified atom stereocenters. The molecule has 0 aromatic rings. The molecule has 86 valence electrons. The Labute approximate surface area is 93.4 Å². The molecule has 0 aliphatic heterocycles. The van der Waals surface area contributed by atoms with Gasteiger partial charge in [0.05, 0.1) is 19.3 Å². The van der Waals surface area contributed by atoms with Crippen LogP contribution in [0.25, 0.3) is 0 Å². The van der Waals surface area contributed by atoms with Gasteiger partial charge in [0.25, 0.3) is 0 Å². The molecule has 7 heteroatoms. The summed E-state index contributed by atoms with van der Waals surface area (Å²) in [7, 11) is 0. The van der Waals surface area contributed by atoms with Crippen LogP contribution in [-0.4, -0.2) is 42.5 Å². The van der Waals surface area contributed by atoms with Crippen molar-refractivity contribution in [2.24, 2.45) is 5.73 Å². The Morgan fingerprint density at radius 1 is 1.40 bits per heavy atom. The molecular weight excluding hydrogens is 218 g/mol. The van der Waals surface area contributed by atoms with Crippen LogP contribution >= 0.6 is 12.6 Å². The maximum atomic E-state index is 11.2. The highest BCUT2D eigenvalue weighted by Gasteiger charge is 2.19. The van der Waals surface area contributed by atoms with Crippen LogP contribution in [0, 0.1) is 0 Å². The molecular formula is C8H15N3O3S. The summed E-state index contributed by atoms with van der Waals surface area (Å²) in [6.07, 6.45) is 0. The van der Waals surface area contributed by atoms with Gasteiger partial charge in [0, 0.05) is 12.7 Å². The van der Waals surface area contributed by atoms with Crippen LogP contribution in [0.15, 0.2) is 0 Å². The number of rotatable bonds is 7. The SMILES string of the molecule is CC(=O)NCNCC(=O)C(=O)[C@@H](N)CS. The predicted molar refractivity (Wildman–Crippen MR) is 58.5 cm³/mol. The predicted octanol–water partition coefficient (Wildman–Crippen LogP) is -1.94. The highest BCUT2D eigenvalue weighted by atomic mass is 32.1. The molecule has 0 saturated heterocycles. The lowest BCUT2D eigenvalue weighted by molar-refractivity contribution is -0.136. The molecule has 4 N–H and O–H groups in total. The number of carbonyl (C=O) groups is 3. The van der Waals surface area contributed by atoms with E-state index in [1.807, 2.05) is 0 Å². The molecule has 6 nitrogen and oxygen atoms in total. The van der Waals surface area contributed by atoms with E-state index in [0.717, 1.165) is 0 Å². The molecule has 0 heterocycles. The summed E-state index contributed by atoms with van der Waals surface area (Å²) < 4.78 is 0. The Kier molecular flexibility index (Phi) is 6.93. The van der Waals surface area contributed by atoms with Crippen molar-refractivity contribution in [3.8, 4) is 0 Å². The van der Waals surface area contributed by atoms with Crippen molar-refractivity contribution in [2.75, 3.05) is 19.0 Å². The normalized spacial score (nSPS) is 11.9. The number of hydrogen-bond donors (Lipinski definition) is 4. The van der Waals surface area contributed by atoms with Crippen LogP contribution in [0.4, 0.5) is 0 Å². The zero-order chi connectivity index (χ0) is 11.8. The zero-order valence-corrected chi connectivity index (χ0v) is 9.34. The van der Waals surface area contributed by atoms with Gasteiger partial charge in [-0.25, -0.2) is 0 Å². The van der Waals surface area contributed by atoms with Crippen LogP contribution in [0.5, 0.6) is 0 Å². The monoisotopic (exact) mass is 233 g/mol. The third kappa shape index (κ3) is 6.21. The van der Waals surface area contributed by atoms with E-state index in [1.165, 1.54) is 6.92 Å². The number of amides is 1. The van der Waals surface area contributed by atoms with Crippen LogP contribution in [0.2, 0.25) is 0 Å². The van der Waals surface area contributed by atoms with Gasteiger partial charge in [-0.15, -0.1) is 0 Å². The van der Waals surface area contributed by atoms with Crippen molar-refractivity contribution in [1.82, 2.24) is 10.6 Å². The standard InChI is InChI=1S/C8H15N3O3S/c1-5(12)11-4-10-2-7(13)8(14)6(9)3-15/h6,10,15H,2-4,9H2,1H3,(H,11,12)/t6-/m0/s1. The Morgan fingerprint density at radius 3 is 2.47 bits per heavy atom. The molecule has 0 radical (unpaired) electrons. The lowest BCUT2D eigenvalue weighted by atomic mass is 10.1. The van der Waals surface area contributed by atoms with Gasteiger partial charge in [-0.05, 0) is 0 Å². The van der Waals surface area contributed by atoms with E-state index >= 15 is 0 Å². The van der Waals surface area contributed by atoms with Crippen molar-refractivity contribution in [3.63, 3.8) is 0 Å². The van der Waals surface area contributed by atoms with Gasteiger partial charge in [0.15, 0.2) is 0 Å². The molecule has 0 aromatic carbocycles. The summed E-state index contributed by atoms with van der Waals surface area (Å²) >= 11 is 3.81. The van der Waals surface area contributed by atoms with Gasteiger partial charge < -0.3 is 11.1 Å². The second-order valence-electron chi connectivity index (χ2n) is 2.91. The fourth-order valence-electron chi connectivity index (χ4n) is 0.740. The largest absolute Gasteiger partial charge is 0.344 e. The second kappa shape index (κ2) is 7.38. The van der Waals surface area contributed by atoms with E-state index in [9.17, 15) is 14.4 Å². The number of nitrogens with one attached hydrogen (secondary N) is 2. The van der Waals surface area contributed by atoms with Crippen molar-refractivity contribution < 1.29 is 14.4 Å². The first-order chi connectivity index (χ1) is 6.99. The minimum atomic E-state index is -0.858. The highest BCUT2D eigenvalue weighted by molar-refractivity contribution is 7.80. The summed E-state index contributed by atoms with van der Waals surface area (Å²) in [4.78, 5) is 32.7. The average Bonchev–Trinajstić information content (AvgIpc) is 2.21. The Balaban J connectivity index is 3.74. The maximum Gasteiger partial charge on any atom is 0.217 e. The minimum Gasteiger partial charge on any atom is -0.344 e.